The lowest BCUT2D eigenvalue weighted by Gasteiger charge is -2.18. The Bertz CT molecular complexity index is 542. The van der Waals surface area contributed by atoms with E-state index in [9.17, 15) is 9.59 Å². The molecule has 2 amide bonds. The molecule has 0 aromatic heterocycles. The molecule has 5 nitrogen and oxygen atoms in total. The third kappa shape index (κ3) is 8.19. The summed E-state index contributed by atoms with van der Waals surface area (Å²) in [5.74, 6) is 0.547. The maximum absolute atomic E-state index is 11.9. The van der Waals surface area contributed by atoms with E-state index in [2.05, 4.69) is 31.3 Å². The molecule has 1 aromatic rings. The van der Waals surface area contributed by atoms with Crippen molar-refractivity contribution in [3.63, 3.8) is 0 Å². The Kier molecular flexibility index (Phi) is 11.9. The van der Waals surface area contributed by atoms with Crippen molar-refractivity contribution >= 4 is 24.2 Å². The number of hydrogen-bond acceptors (Lipinski definition) is 3. The molecule has 0 aliphatic heterocycles. The summed E-state index contributed by atoms with van der Waals surface area (Å²) in [7, 11) is 0. The van der Waals surface area contributed by atoms with Gasteiger partial charge in [0, 0.05) is 38.5 Å². The lowest BCUT2D eigenvalue weighted by atomic mass is 9.99. The Balaban J connectivity index is 0.00000625. The van der Waals surface area contributed by atoms with E-state index in [1.54, 1.807) is 4.90 Å². The Morgan fingerprint density at radius 1 is 1.04 bits per heavy atom. The highest BCUT2D eigenvalue weighted by Crippen LogP contribution is 2.17. The standard InChI is InChI=1S/C20H33N3O2.ClH/c1-5-23(6-2)20(25)9-7-8-19(24)22-14-18(21)17-12-10-16(11-13-17)15(3)4;/h10-13,15,18H,5-9,14,21H2,1-4H3,(H,22,24);1H. The van der Waals surface area contributed by atoms with E-state index in [4.69, 9.17) is 5.73 Å². The number of rotatable bonds is 10. The quantitative estimate of drug-likeness (QED) is 0.650. The molecule has 26 heavy (non-hydrogen) atoms. The van der Waals surface area contributed by atoms with Crippen molar-refractivity contribution in [1.82, 2.24) is 10.2 Å². The van der Waals surface area contributed by atoms with Crippen LogP contribution in [0.3, 0.4) is 0 Å². The fourth-order valence-corrected chi connectivity index (χ4v) is 2.69. The molecule has 0 aliphatic rings. The minimum atomic E-state index is -0.220. The number of carbonyl (C=O) groups is 2. The van der Waals surface area contributed by atoms with Crippen LogP contribution in [0.1, 0.15) is 70.0 Å². The lowest BCUT2D eigenvalue weighted by Crippen LogP contribution is -2.32. The van der Waals surface area contributed by atoms with Crippen molar-refractivity contribution in [1.29, 1.82) is 0 Å². The first-order valence-electron chi connectivity index (χ1n) is 9.28. The average molecular weight is 384 g/mol. The summed E-state index contributed by atoms with van der Waals surface area (Å²) in [5.41, 5.74) is 8.44. The van der Waals surface area contributed by atoms with Gasteiger partial charge in [0.05, 0.1) is 0 Å². The van der Waals surface area contributed by atoms with Gasteiger partial charge in [0.1, 0.15) is 0 Å². The zero-order chi connectivity index (χ0) is 18.8. The first-order chi connectivity index (χ1) is 11.9. The second-order valence-corrected chi connectivity index (χ2v) is 6.65. The summed E-state index contributed by atoms with van der Waals surface area (Å²) in [6.45, 7) is 10.1. The minimum Gasteiger partial charge on any atom is -0.354 e. The maximum atomic E-state index is 11.9. The average Bonchev–Trinajstić information content (AvgIpc) is 2.60. The van der Waals surface area contributed by atoms with Crippen molar-refractivity contribution in [2.75, 3.05) is 19.6 Å². The van der Waals surface area contributed by atoms with Crippen LogP contribution in [0.5, 0.6) is 0 Å². The monoisotopic (exact) mass is 383 g/mol. The number of nitrogens with zero attached hydrogens (tertiary/aromatic N) is 1. The molecule has 1 rings (SSSR count). The molecule has 0 heterocycles. The van der Waals surface area contributed by atoms with Gasteiger partial charge in [-0.3, -0.25) is 9.59 Å². The van der Waals surface area contributed by atoms with Crippen LogP contribution < -0.4 is 11.1 Å². The fourth-order valence-electron chi connectivity index (χ4n) is 2.69. The molecule has 0 saturated heterocycles. The zero-order valence-corrected chi connectivity index (χ0v) is 17.3. The number of nitrogens with one attached hydrogen (secondary N) is 1. The second kappa shape index (κ2) is 12.7. The van der Waals surface area contributed by atoms with Gasteiger partial charge in [-0.15, -0.1) is 12.4 Å². The first kappa shape index (κ1) is 24.4. The number of nitrogens with two attached hydrogens (primary N) is 1. The molecule has 0 radical (unpaired) electrons. The number of halogens is 1. The molecule has 6 heteroatoms. The van der Waals surface area contributed by atoms with Crippen LogP contribution in [0.25, 0.3) is 0 Å². The van der Waals surface area contributed by atoms with E-state index in [-0.39, 0.29) is 30.3 Å². The summed E-state index contributed by atoms with van der Waals surface area (Å²) in [5, 5.41) is 2.86. The number of hydrogen-bond donors (Lipinski definition) is 2. The van der Waals surface area contributed by atoms with E-state index in [0.29, 0.717) is 44.8 Å². The highest BCUT2D eigenvalue weighted by Gasteiger charge is 2.12. The Labute approximate surface area is 164 Å². The Morgan fingerprint density at radius 3 is 2.08 bits per heavy atom. The lowest BCUT2D eigenvalue weighted by molar-refractivity contribution is -0.131. The number of carbonyl (C=O) groups excluding carboxylic acids is 2. The van der Waals surface area contributed by atoms with Crippen molar-refractivity contribution in [2.24, 2.45) is 5.73 Å². The smallest absolute Gasteiger partial charge is 0.222 e. The molecule has 148 valence electrons. The van der Waals surface area contributed by atoms with Gasteiger partial charge in [0.15, 0.2) is 0 Å². The second-order valence-electron chi connectivity index (χ2n) is 6.65. The minimum absolute atomic E-state index is 0. The summed E-state index contributed by atoms with van der Waals surface area (Å²) in [4.78, 5) is 25.6. The summed E-state index contributed by atoms with van der Waals surface area (Å²) in [6, 6.07) is 7.99. The van der Waals surface area contributed by atoms with Crippen LogP contribution in [0.4, 0.5) is 0 Å². The third-order valence-electron chi connectivity index (χ3n) is 4.46. The van der Waals surface area contributed by atoms with Crippen molar-refractivity contribution in [3.05, 3.63) is 35.4 Å². The Hall–Kier alpha value is -1.59. The van der Waals surface area contributed by atoms with E-state index in [1.807, 2.05) is 26.0 Å². The van der Waals surface area contributed by atoms with Gasteiger partial charge in [0.2, 0.25) is 11.8 Å². The van der Waals surface area contributed by atoms with Crippen LogP contribution in [0.2, 0.25) is 0 Å². The van der Waals surface area contributed by atoms with Crippen LogP contribution >= 0.6 is 12.4 Å². The molecule has 0 spiro atoms. The molecular formula is C20H34ClN3O2. The molecule has 3 N–H and O–H groups in total. The molecule has 0 saturated carbocycles. The molecule has 1 unspecified atom stereocenters. The largest absolute Gasteiger partial charge is 0.354 e. The van der Waals surface area contributed by atoms with Crippen LogP contribution in [0, 0.1) is 0 Å². The summed E-state index contributed by atoms with van der Waals surface area (Å²) in [6.07, 6.45) is 1.34. The predicted octanol–water partition coefficient (Wildman–Crippen LogP) is 3.39. The van der Waals surface area contributed by atoms with E-state index >= 15 is 0 Å². The maximum Gasteiger partial charge on any atom is 0.222 e. The normalized spacial score (nSPS) is 11.6. The number of benzene rings is 1. The van der Waals surface area contributed by atoms with Gasteiger partial charge in [-0.05, 0) is 37.3 Å². The molecule has 0 bridgehead atoms. The molecule has 1 aromatic carbocycles. The highest BCUT2D eigenvalue weighted by atomic mass is 35.5. The predicted molar refractivity (Wildman–Crippen MR) is 109 cm³/mol. The van der Waals surface area contributed by atoms with Crippen molar-refractivity contribution in [3.8, 4) is 0 Å². The van der Waals surface area contributed by atoms with Gasteiger partial charge in [-0.25, -0.2) is 0 Å². The molecule has 0 fully saturated rings. The van der Waals surface area contributed by atoms with Gasteiger partial charge < -0.3 is 16.0 Å². The van der Waals surface area contributed by atoms with E-state index in [1.165, 1.54) is 5.56 Å². The van der Waals surface area contributed by atoms with Crippen LogP contribution in [0.15, 0.2) is 24.3 Å². The van der Waals surface area contributed by atoms with Gasteiger partial charge in [-0.1, -0.05) is 38.1 Å². The van der Waals surface area contributed by atoms with Crippen LogP contribution in [-0.4, -0.2) is 36.3 Å². The van der Waals surface area contributed by atoms with Crippen molar-refractivity contribution in [2.45, 2.75) is 58.9 Å². The SMILES string of the molecule is CCN(CC)C(=O)CCCC(=O)NCC(N)c1ccc(C(C)C)cc1.Cl. The van der Waals surface area contributed by atoms with Crippen molar-refractivity contribution < 1.29 is 9.59 Å². The van der Waals surface area contributed by atoms with Gasteiger partial charge in [-0.2, -0.15) is 0 Å². The highest BCUT2D eigenvalue weighted by molar-refractivity contribution is 5.85. The van der Waals surface area contributed by atoms with Crippen LogP contribution in [-0.2, 0) is 9.59 Å². The summed E-state index contributed by atoms with van der Waals surface area (Å²) < 4.78 is 0. The fraction of sp³-hybridized carbons (Fsp3) is 0.600. The van der Waals surface area contributed by atoms with E-state index in [0.717, 1.165) is 5.56 Å². The molecular weight excluding hydrogens is 350 g/mol. The molecule has 1 atom stereocenters. The van der Waals surface area contributed by atoms with Gasteiger partial charge >= 0.3 is 0 Å². The first-order valence-corrected chi connectivity index (χ1v) is 9.28. The number of amides is 2. The zero-order valence-electron chi connectivity index (χ0n) is 16.5. The topological polar surface area (TPSA) is 75.4 Å². The Morgan fingerprint density at radius 2 is 1.58 bits per heavy atom. The molecule has 0 aliphatic carbocycles. The summed E-state index contributed by atoms with van der Waals surface area (Å²) >= 11 is 0. The van der Waals surface area contributed by atoms with Gasteiger partial charge in [0.25, 0.3) is 0 Å². The van der Waals surface area contributed by atoms with E-state index < -0.39 is 0 Å². The third-order valence-corrected chi connectivity index (χ3v) is 4.46.